The highest BCUT2D eigenvalue weighted by molar-refractivity contribution is 6.33. The van der Waals surface area contributed by atoms with E-state index in [0.29, 0.717) is 22.6 Å². The van der Waals surface area contributed by atoms with Gasteiger partial charge in [-0.2, -0.15) is 15.0 Å². The second-order valence-electron chi connectivity index (χ2n) is 4.31. The van der Waals surface area contributed by atoms with Crippen LogP contribution in [0.15, 0.2) is 36.9 Å². The van der Waals surface area contributed by atoms with E-state index in [0.717, 1.165) is 5.56 Å². The number of hydrogen-bond donors (Lipinski definition) is 1. The van der Waals surface area contributed by atoms with Gasteiger partial charge in [-0.05, 0) is 36.2 Å². The van der Waals surface area contributed by atoms with Crippen LogP contribution in [0.5, 0.6) is 0 Å². The molecule has 0 aliphatic carbocycles. The van der Waals surface area contributed by atoms with Crippen LogP contribution in [0.4, 0.5) is 11.6 Å². The number of benzene rings is 1. The molecule has 0 atom stereocenters. The van der Waals surface area contributed by atoms with Crippen LogP contribution in [0.2, 0.25) is 10.3 Å². The predicted molar refractivity (Wildman–Crippen MR) is 81.4 cm³/mol. The molecule has 0 saturated heterocycles. The van der Waals surface area contributed by atoms with Crippen LogP contribution in [0.25, 0.3) is 5.95 Å². The number of nitrogens with zero attached hydrogens (tertiary/aromatic N) is 5. The summed E-state index contributed by atoms with van der Waals surface area (Å²) in [6.07, 6.45) is 4.92. The molecule has 0 radical (unpaired) electrons. The number of hydrogen-bond acceptors (Lipinski definition) is 5. The third-order valence-electron chi connectivity index (χ3n) is 2.70. The van der Waals surface area contributed by atoms with Crippen molar-refractivity contribution in [1.29, 1.82) is 0 Å². The van der Waals surface area contributed by atoms with Gasteiger partial charge < -0.3 is 5.32 Å². The summed E-state index contributed by atoms with van der Waals surface area (Å²) < 4.78 is 1.64. The van der Waals surface area contributed by atoms with Crippen molar-refractivity contribution in [3.63, 3.8) is 0 Å². The van der Waals surface area contributed by atoms with E-state index in [1.54, 1.807) is 29.4 Å². The predicted octanol–water partition coefficient (Wildman–Crippen LogP) is 3.42. The normalized spacial score (nSPS) is 10.6. The minimum Gasteiger partial charge on any atom is -0.323 e. The summed E-state index contributed by atoms with van der Waals surface area (Å²) in [5.41, 5.74) is 1.77. The van der Waals surface area contributed by atoms with E-state index >= 15 is 0 Å². The van der Waals surface area contributed by atoms with Crippen molar-refractivity contribution < 1.29 is 0 Å². The Morgan fingerprint density at radius 2 is 2.00 bits per heavy atom. The summed E-state index contributed by atoms with van der Waals surface area (Å²) in [6, 6.07) is 5.63. The smallest absolute Gasteiger partial charge is 0.241 e. The van der Waals surface area contributed by atoms with Crippen molar-refractivity contribution in [2.24, 2.45) is 0 Å². The van der Waals surface area contributed by atoms with Gasteiger partial charge in [0.2, 0.25) is 17.2 Å². The lowest BCUT2D eigenvalue weighted by Crippen LogP contribution is -2.05. The van der Waals surface area contributed by atoms with Crippen LogP contribution >= 0.6 is 23.2 Å². The maximum atomic E-state index is 6.14. The SMILES string of the molecule is Cc1ccc(Cl)c(Nc2nc(Cl)nc(-n3ccnc3)n2)c1. The molecule has 2 heterocycles. The van der Waals surface area contributed by atoms with Gasteiger partial charge in [0, 0.05) is 12.4 Å². The summed E-state index contributed by atoms with van der Waals surface area (Å²) in [5.74, 6) is 0.685. The van der Waals surface area contributed by atoms with Crippen molar-refractivity contribution in [2.75, 3.05) is 5.32 Å². The Kier molecular flexibility index (Phi) is 3.72. The molecule has 0 fully saturated rings. The molecule has 1 aromatic carbocycles. The third-order valence-corrected chi connectivity index (χ3v) is 3.20. The molecule has 2 aromatic heterocycles. The number of imidazole rings is 1. The molecule has 3 rings (SSSR count). The third kappa shape index (κ3) is 3.12. The lowest BCUT2D eigenvalue weighted by Gasteiger charge is -2.09. The zero-order valence-corrected chi connectivity index (χ0v) is 12.5. The van der Waals surface area contributed by atoms with Gasteiger partial charge in [0.25, 0.3) is 0 Å². The van der Waals surface area contributed by atoms with Gasteiger partial charge >= 0.3 is 0 Å². The molecule has 3 aromatic rings. The Bertz CT molecular complexity index is 772. The van der Waals surface area contributed by atoms with Crippen LogP contribution in [-0.4, -0.2) is 24.5 Å². The van der Waals surface area contributed by atoms with Crippen molar-refractivity contribution in [2.45, 2.75) is 6.92 Å². The molecular weight excluding hydrogens is 311 g/mol. The molecule has 21 heavy (non-hydrogen) atoms. The number of halogens is 2. The van der Waals surface area contributed by atoms with Crippen LogP contribution < -0.4 is 5.32 Å². The molecular formula is C13H10Cl2N6. The van der Waals surface area contributed by atoms with E-state index in [1.807, 2.05) is 19.1 Å². The van der Waals surface area contributed by atoms with Crippen molar-refractivity contribution >= 4 is 34.8 Å². The Morgan fingerprint density at radius 3 is 2.76 bits per heavy atom. The van der Waals surface area contributed by atoms with Gasteiger partial charge in [-0.15, -0.1) is 0 Å². The Balaban J connectivity index is 1.97. The lowest BCUT2D eigenvalue weighted by atomic mass is 10.2. The van der Waals surface area contributed by atoms with Crippen LogP contribution in [-0.2, 0) is 0 Å². The van der Waals surface area contributed by atoms with E-state index in [9.17, 15) is 0 Å². The van der Waals surface area contributed by atoms with Gasteiger partial charge in [-0.3, -0.25) is 4.57 Å². The second-order valence-corrected chi connectivity index (χ2v) is 5.05. The highest BCUT2D eigenvalue weighted by Crippen LogP contribution is 2.25. The molecule has 0 aliphatic heterocycles. The van der Waals surface area contributed by atoms with Crippen LogP contribution in [0, 0.1) is 6.92 Å². The highest BCUT2D eigenvalue weighted by atomic mass is 35.5. The van der Waals surface area contributed by atoms with Crippen LogP contribution in [0.3, 0.4) is 0 Å². The van der Waals surface area contributed by atoms with Gasteiger partial charge in [-0.1, -0.05) is 17.7 Å². The quantitative estimate of drug-likeness (QED) is 0.800. The molecule has 0 amide bonds. The topological polar surface area (TPSA) is 68.5 Å². The number of nitrogens with one attached hydrogen (secondary N) is 1. The zero-order chi connectivity index (χ0) is 14.8. The molecule has 0 unspecified atom stereocenters. The largest absolute Gasteiger partial charge is 0.323 e. The molecule has 0 spiro atoms. The fourth-order valence-electron chi connectivity index (χ4n) is 1.74. The first-order valence-corrected chi connectivity index (χ1v) is 6.80. The summed E-state index contributed by atoms with van der Waals surface area (Å²) in [6.45, 7) is 1.97. The average Bonchev–Trinajstić information content (AvgIpc) is 2.96. The van der Waals surface area contributed by atoms with Crippen molar-refractivity contribution in [3.05, 3.63) is 52.8 Å². The Hall–Kier alpha value is -2.18. The maximum Gasteiger partial charge on any atom is 0.241 e. The molecule has 106 valence electrons. The van der Waals surface area contributed by atoms with E-state index in [4.69, 9.17) is 23.2 Å². The summed E-state index contributed by atoms with van der Waals surface area (Å²) in [4.78, 5) is 16.3. The van der Waals surface area contributed by atoms with Gasteiger partial charge in [0.15, 0.2) is 0 Å². The molecule has 0 saturated carbocycles. The standard InChI is InChI=1S/C13H10Cl2N6/c1-8-2-3-9(14)10(6-8)17-12-18-11(15)19-13(20-12)21-5-4-16-7-21/h2-7H,1H3,(H,17,18,19,20). The first-order valence-electron chi connectivity index (χ1n) is 6.05. The first kappa shape index (κ1) is 13.8. The van der Waals surface area contributed by atoms with Crippen molar-refractivity contribution in [3.8, 4) is 5.95 Å². The number of aryl methyl sites for hydroxylation is 1. The molecule has 0 aliphatic rings. The summed E-state index contributed by atoms with van der Waals surface area (Å²) >= 11 is 12.1. The number of aromatic nitrogens is 5. The minimum atomic E-state index is 0.0833. The van der Waals surface area contributed by atoms with E-state index in [2.05, 4.69) is 25.3 Å². The zero-order valence-electron chi connectivity index (χ0n) is 11.0. The van der Waals surface area contributed by atoms with Crippen molar-refractivity contribution in [1.82, 2.24) is 24.5 Å². The highest BCUT2D eigenvalue weighted by Gasteiger charge is 2.08. The van der Waals surface area contributed by atoms with E-state index < -0.39 is 0 Å². The molecule has 0 bridgehead atoms. The Labute approximate surface area is 130 Å². The summed E-state index contributed by atoms with van der Waals surface area (Å²) in [5, 5.41) is 3.70. The number of anilines is 2. The van der Waals surface area contributed by atoms with Gasteiger partial charge in [0.05, 0.1) is 10.7 Å². The average molecular weight is 321 g/mol. The fraction of sp³-hybridized carbons (Fsp3) is 0.0769. The first-order chi connectivity index (χ1) is 10.1. The van der Waals surface area contributed by atoms with Gasteiger partial charge in [-0.25, -0.2) is 4.98 Å². The lowest BCUT2D eigenvalue weighted by molar-refractivity contribution is 0.899. The fourth-order valence-corrected chi connectivity index (χ4v) is 2.06. The Morgan fingerprint density at radius 1 is 1.14 bits per heavy atom. The van der Waals surface area contributed by atoms with Gasteiger partial charge in [0.1, 0.15) is 6.33 Å². The minimum absolute atomic E-state index is 0.0833. The van der Waals surface area contributed by atoms with E-state index in [1.165, 1.54) is 0 Å². The van der Waals surface area contributed by atoms with E-state index in [-0.39, 0.29) is 5.28 Å². The molecule has 6 nitrogen and oxygen atoms in total. The summed E-state index contributed by atoms with van der Waals surface area (Å²) in [7, 11) is 0. The molecule has 8 heteroatoms. The second kappa shape index (κ2) is 5.67. The van der Waals surface area contributed by atoms with Crippen LogP contribution in [0.1, 0.15) is 5.56 Å². The monoisotopic (exact) mass is 320 g/mol. The number of rotatable bonds is 3. The molecule has 1 N–H and O–H groups in total. The maximum absolute atomic E-state index is 6.14.